The summed E-state index contributed by atoms with van der Waals surface area (Å²) in [5, 5.41) is 4.34. The summed E-state index contributed by atoms with van der Waals surface area (Å²) in [4.78, 5) is 20.9. The first kappa shape index (κ1) is 19.2. The lowest BCUT2D eigenvalue weighted by molar-refractivity contribution is 0.102. The Morgan fingerprint density at radius 1 is 1.07 bits per heavy atom. The first-order valence-corrected chi connectivity index (χ1v) is 9.56. The van der Waals surface area contributed by atoms with E-state index in [1.807, 2.05) is 43.3 Å². The SMILES string of the molecule is Cc1ccc(NC(=O)c2cccc(Cl)c2Cl)cc1-c1ccc2nc(N)ncc2c1. The normalized spacial score (nSPS) is 10.9. The molecule has 0 atom stereocenters. The van der Waals surface area contributed by atoms with E-state index in [0.29, 0.717) is 16.3 Å². The highest BCUT2D eigenvalue weighted by Gasteiger charge is 2.14. The Balaban J connectivity index is 1.68. The first-order chi connectivity index (χ1) is 13.9. The number of carbonyl (C=O) groups excluding carboxylic acids is 1. The quantitative estimate of drug-likeness (QED) is 0.440. The van der Waals surface area contributed by atoms with Crippen LogP contribution in [0.4, 0.5) is 11.6 Å². The molecule has 1 amide bonds. The average molecular weight is 423 g/mol. The minimum Gasteiger partial charge on any atom is -0.368 e. The lowest BCUT2D eigenvalue weighted by Crippen LogP contribution is -2.12. The van der Waals surface area contributed by atoms with Gasteiger partial charge in [0, 0.05) is 17.3 Å². The van der Waals surface area contributed by atoms with Crippen molar-refractivity contribution in [3.63, 3.8) is 0 Å². The van der Waals surface area contributed by atoms with Gasteiger partial charge in [-0.1, -0.05) is 41.4 Å². The van der Waals surface area contributed by atoms with E-state index in [1.54, 1.807) is 24.4 Å². The highest BCUT2D eigenvalue weighted by Crippen LogP contribution is 2.30. The van der Waals surface area contributed by atoms with Gasteiger partial charge < -0.3 is 11.1 Å². The fraction of sp³-hybridized carbons (Fsp3) is 0.0455. The monoisotopic (exact) mass is 422 g/mol. The van der Waals surface area contributed by atoms with Crippen LogP contribution in [-0.2, 0) is 0 Å². The van der Waals surface area contributed by atoms with Crippen LogP contribution in [0.3, 0.4) is 0 Å². The number of carbonyl (C=O) groups is 1. The molecule has 3 N–H and O–H groups in total. The van der Waals surface area contributed by atoms with Gasteiger partial charge in [0.1, 0.15) is 0 Å². The molecule has 0 fully saturated rings. The van der Waals surface area contributed by atoms with Gasteiger partial charge in [0.25, 0.3) is 5.91 Å². The van der Waals surface area contributed by atoms with Crippen molar-refractivity contribution in [2.75, 3.05) is 11.1 Å². The molecule has 5 nitrogen and oxygen atoms in total. The molecule has 0 bridgehead atoms. The van der Waals surface area contributed by atoms with Gasteiger partial charge in [-0.25, -0.2) is 9.97 Å². The zero-order valence-corrected chi connectivity index (χ0v) is 16.9. The number of halogens is 2. The smallest absolute Gasteiger partial charge is 0.257 e. The Morgan fingerprint density at radius 2 is 1.90 bits per heavy atom. The van der Waals surface area contributed by atoms with E-state index in [0.717, 1.165) is 27.6 Å². The molecule has 1 aromatic heterocycles. The molecular formula is C22H16Cl2N4O. The summed E-state index contributed by atoms with van der Waals surface area (Å²) in [7, 11) is 0. The van der Waals surface area contributed by atoms with Gasteiger partial charge in [0.15, 0.2) is 0 Å². The first-order valence-electron chi connectivity index (χ1n) is 8.81. The Bertz CT molecular complexity index is 1260. The molecule has 0 spiro atoms. The van der Waals surface area contributed by atoms with Crippen molar-refractivity contribution in [1.82, 2.24) is 9.97 Å². The molecule has 0 saturated heterocycles. The number of hydrogen-bond acceptors (Lipinski definition) is 4. The number of rotatable bonds is 3. The zero-order chi connectivity index (χ0) is 20.5. The average Bonchev–Trinajstić information content (AvgIpc) is 2.71. The van der Waals surface area contributed by atoms with E-state index in [1.165, 1.54) is 0 Å². The third kappa shape index (κ3) is 3.88. The van der Waals surface area contributed by atoms with E-state index in [-0.39, 0.29) is 16.9 Å². The fourth-order valence-electron chi connectivity index (χ4n) is 3.10. The molecule has 4 aromatic rings. The highest BCUT2D eigenvalue weighted by atomic mass is 35.5. The van der Waals surface area contributed by atoms with Gasteiger partial charge >= 0.3 is 0 Å². The number of aryl methyl sites for hydroxylation is 1. The fourth-order valence-corrected chi connectivity index (χ4v) is 3.49. The predicted molar refractivity (Wildman–Crippen MR) is 119 cm³/mol. The molecule has 1 heterocycles. The highest BCUT2D eigenvalue weighted by molar-refractivity contribution is 6.44. The third-order valence-electron chi connectivity index (χ3n) is 4.60. The molecular weight excluding hydrogens is 407 g/mol. The number of nitrogens with zero attached hydrogens (tertiary/aromatic N) is 2. The largest absolute Gasteiger partial charge is 0.368 e. The van der Waals surface area contributed by atoms with Gasteiger partial charge in [-0.3, -0.25) is 4.79 Å². The molecule has 0 aliphatic heterocycles. The molecule has 3 aromatic carbocycles. The van der Waals surface area contributed by atoms with Gasteiger partial charge in [-0.15, -0.1) is 0 Å². The number of fused-ring (bicyclic) bond motifs is 1. The van der Waals surface area contributed by atoms with E-state index in [4.69, 9.17) is 28.9 Å². The number of nitrogens with one attached hydrogen (secondary N) is 1. The van der Waals surface area contributed by atoms with Crippen molar-refractivity contribution in [3.05, 3.63) is 82.0 Å². The molecule has 0 aliphatic carbocycles. The van der Waals surface area contributed by atoms with Crippen molar-refractivity contribution in [3.8, 4) is 11.1 Å². The number of benzene rings is 3. The van der Waals surface area contributed by atoms with Crippen molar-refractivity contribution < 1.29 is 4.79 Å². The van der Waals surface area contributed by atoms with Crippen LogP contribution in [0, 0.1) is 6.92 Å². The van der Waals surface area contributed by atoms with E-state index in [9.17, 15) is 4.79 Å². The van der Waals surface area contributed by atoms with Gasteiger partial charge in [0.05, 0.1) is 21.1 Å². The second-order valence-corrected chi connectivity index (χ2v) is 7.37. The summed E-state index contributed by atoms with van der Waals surface area (Å²) in [5.74, 6) is -0.0829. The second kappa shape index (κ2) is 7.70. The van der Waals surface area contributed by atoms with E-state index in [2.05, 4.69) is 15.3 Å². The molecule has 4 rings (SSSR count). The Hall–Kier alpha value is -3.15. The van der Waals surface area contributed by atoms with Crippen LogP contribution in [0.5, 0.6) is 0 Å². The molecule has 0 unspecified atom stereocenters. The third-order valence-corrected chi connectivity index (χ3v) is 5.42. The standard InChI is InChI=1S/C22H16Cl2N4O/c1-12-5-7-15(27-21(29)16-3-2-4-18(23)20(16)24)10-17(12)13-6-8-19-14(9-13)11-26-22(25)28-19/h2-11H,1H3,(H,27,29)(H2,25,26,28). The number of amides is 1. The Kier molecular flexibility index (Phi) is 5.09. The maximum Gasteiger partial charge on any atom is 0.257 e. The number of hydrogen-bond donors (Lipinski definition) is 2. The molecule has 29 heavy (non-hydrogen) atoms. The maximum atomic E-state index is 12.6. The van der Waals surface area contributed by atoms with Crippen molar-refractivity contribution in [2.45, 2.75) is 6.92 Å². The summed E-state index contributed by atoms with van der Waals surface area (Å²) in [6.07, 6.45) is 1.70. The minimum atomic E-state index is -0.324. The maximum absolute atomic E-state index is 12.6. The molecule has 7 heteroatoms. The molecule has 0 aliphatic rings. The number of nitrogens with two attached hydrogens (primary N) is 1. The zero-order valence-electron chi connectivity index (χ0n) is 15.4. The van der Waals surface area contributed by atoms with Crippen LogP contribution in [0.2, 0.25) is 10.0 Å². The molecule has 144 valence electrons. The second-order valence-electron chi connectivity index (χ2n) is 6.59. The topological polar surface area (TPSA) is 80.9 Å². The summed E-state index contributed by atoms with van der Waals surface area (Å²) in [6.45, 7) is 2.01. The number of anilines is 2. The van der Waals surface area contributed by atoms with E-state index < -0.39 is 0 Å². The van der Waals surface area contributed by atoms with Gasteiger partial charge in [-0.05, 0) is 60.0 Å². The summed E-state index contributed by atoms with van der Waals surface area (Å²) in [5.41, 5.74) is 10.4. The van der Waals surface area contributed by atoms with Gasteiger partial charge in [0.2, 0.25) is 5.95 Å². The summed E-state index contributed by atoms with van der Waals surface area (Å²) in [6, 6.07) is 16.6. The number of nitrogen functional groups attached to an aromatic ring is 1. The lowest BCUT2D eigenvalue weighted by Gasteiger charge is -2.12. The Labute approximate surface area is 177 Å². The number of aromatic nitrogens is 2. The van der Waals surface area contributed by atoms with Crippen molar-refractivity contribution in [2.24, 2.45) is 0 Å². The van der Waals surface area contributed by atoms with Gasteiger partial charge in [-0.2, -0.15) is 0 Å². The predicted octanol–water partition coefficient (Wildman–Crippen LogP) is 5.75. The van der Waals surface area contributed by atoms with Crippen molar-refractivity contribution >= 4 is 51.6 Å². The molecule has 0 saturated carbocycles. The van der Waals surface area contributed by atoms with Crippen LogP contribution in [0.1, 0.15) is 15.9 Å². The summed E-state index contributed by atoms with van der Waals surface area (Å²) < 4.78 is 0. The van der Waals surface area contributed by atoms with Crippen LogP contribution < -0.4 is 11.1 Å². The Morgan fingerprint density at radius 3 is 2.72 bits per heavy atom. The van der Waals surface area contributed by atoms with Crippen LogP contribution in [-0.4, -0.2) is 15.9 Å². The summed E-state index contributed by atoms with van der Waals surface area (Å²) >= 11 is 12.2. The van der Waals surface area contributed by atoms with Crippen LogP contribution >= 0.6 is 23.2 Å². The minimum absolute atomic E-state index is 0.229. The van der Waals surface area contributed by atoms with E-state index >= 15 is 0 Å². The van der Waals surface area contributed by atoms with Crippen molar-refractivity contribution in [1.29, 1.82) is 0 Å². The van der Waals surface area contributed by atoms with Crippen LogP contribution in [0.25, 0.3) is 22.0 Å². The molecule has 0 radical (unpaired) electrons. The van der Waals surface area contributed by atoms with Crippen LogP contribution in [0.15, 0.2) is 60.8 Å². The lowest BCUT2D eigenvalue weighted by atomic mass is 9.98.